The molecule has 2 aromatic rings. The summed E-state index contributed by atoms with van der Waals surface area (Å²) in [6.45, 7) is 1.87. The Morgan fingerprint density at radius 1 is 1.20 bits per heavy atom. The fraction of sp³-hybridized carbons (Fsp3) is 0.133. The molecule has 4 N–H and O–H groups in total. The minimum atomic E-state index is -0.552. The first-order valence-corrected chi connectivity index (χ1v) is 6.48. The molecule has 0 radical (unpaired) electrons. The quantitative estimate of drug-likeness (QED) is 0.907. The molecule has 2 rings (SSSR count). The number of halogens is 1. The van der Waals surface area contributed by atoms with Crippen molar-refractivity contribution in [2.24, 2.45) is 11.5 Å². The third kappa shape index (κ3) is 3.10. The van der Waals surface area contributed by atoms with E-state index in [2.05, 4.69) is 0 Å². The second-order valence-corrected chi connectivity index (χ2v) is 4.85. The Labute approximate surface area is 122 Å². The van der Waals surface area contributed by atoms with E-state index in [1.807, 2.05) is 13.0 Å². The van der Waals surface area contributed by atoms with Gasteiger partial charge in [0, 0.05) is 6.04 Å². The second-order valence-electron chi connectivity index (χ2n) is 4.44. The minimum Gasteiger partial charge on any atom is -0.455 e. The molecule has 0 bridgehead atoms. The van der Waals surface area contributed by atoms with Crippen LogP contribution in [-0.4, -0.2) is 5.91 Å². The molecule has 5 heteroatoms. The van der Waals surface area contributed by atoms with Gasteiger partial charge in [0.1, 0.15) is 11.5 Å². The van der Waals surface area contributed by atoms with Crippen molar-refractivity contribution in [3.05, 3.63) is 58.6 Å². The van der Waals surface area contributed by atoms with E-state index in [4.69, 9.17) is 27.8 Å². The monoisotopic (exact) mass is 290 g/mol. The Bertz CT molecular complexity index is 642. The van der Waals surface area contributed by atoms with Gasteiger partial charge in [0.2, 0.25) is 0 Å². The summed E-state index contributed by atoms with van der Waals surface area (Å²) < 4.78 is 5.66. The van der Waals surface area contributed by atoms with Gasteiger partial charge in [-0.3, -0.25) is 4.79 Å². The highest BCUT2D eigenvalue weighted by atomic mass is 35.5. The number of carbonyl (C=O) groups is 1. The normalized spacial score (nSPS) is 11.9. The lowest BCUT2D eigenvalue weighted by atomic mass is 10.1. The average molecular weight is 291 g/mol. The number of para-hydroxylation sites is 1. The van der Waals surface area contributed by atoms with Crippen molar-refractivity contribution in [2.45, 2.75) is 13.0 Å². The maximum atomic E-state index is 11.3. The minimum absolute atomic E-state index is 0.112. The molecule has 0 saturated carbocycles. The van der Waals surface area contributed by atoms with Gasteiger partial charge in [0.05, 0.1) is 10.6 Å². The highest BCUT2D eigenvalue weighted by molar-refractivity contribution is 6.32. The van der Waals surface area contributed by atoms with E-state index in [-0.39, 0.29) is 6.04 Å². The van der Waals surface area contributed by atoms with E-state index in [1.54, 1.807) is 36.4 Å². The lowest BCUT2D eigenvalue weighted by molar-refractivity contribution is 0.0998. The first-order valence-electron chi connectivity index (χ1n) is 6.10. The summed E-state index contributed by atoms with van der Waals surface area (Å²) in [6, 6.07) is 11.9. The number of amides is 1. The van der Waals surface area contributed by atoms with Gasteiger partial charge in [-0.25, -0.2) is 0 Å². The van der Waals surface area contributed by atoms with Crippen molar-refractivity contribution >= 4 is 17.5 Å². The first kappa shape index (κ1) is 14.4. The van der Waals surface area contributed by atoms with Crippen LogP contribution in [0.2, 0.25) is 5.02 Å². The van der Waals surface area contributed by atoms with Crippen LogP contribution < -0.4 is 16.2 Å². The Hall–Kier alpha value is -2.04. The fourth-order valence-corrected chi connectivity index (χ4v) is 1.99. The Morgan fingerprint density at radius 2 is 1.90 bits per heavy atom. The van der Waals surface area contributed by atoms with Crippen molar-refractivity contribution in [3.63, 3.8) is 0 Å². The predicted octanol–water partition coefficient (Wildman–Crippen LogP) is 3.25. The van der Waals surface area contributed by atoms with Crippen molar-refractivity contribution < 1.29 is 9.53 Å². The zero-order chi connectivity index (χ0) is 14.7. The molecule has 0 heterocycles. The van der Waals surface area contributed by atoms with E-state index in [9.17, 15) is 4.79 Å². The molecule has 0 aliphatic heterocycles. The summed E-state index contributed by atoms with van der Waals surface area (Å²) in [6.07, 6.45) is 0. The third-order valence-electron chi connectivity index (χ3n) is 2.85. The van der Waals surface area contributed by atoms with Crippen LogP contribution >= 0.6 is 11.6 Å². The van der Waals surface area contributed by atoms with Crippen LogP contribution in [0.3, 0.4) is 0 Å². The Morgan fingerprint density at radius 3 is 2.50 bits per heavy atom. The third-order valence-corrected chi connectivity index (χ3v) is 3.15. The number of nitrogens with two attached hydrogens (primary N) is 2. The number of carbonyl (C=O) groups excluding carboxylic acids is 1. The van der Waals surface area contributed by atoms with E-state index >= 15 is 0 Å². The SMILES string of the molecule is CC(N)c1ccc(Oc2ccccc2C(N)=O)c(Cl)c1. The molecule has 0 aliphatic rings. The van der Waals surface area contributed by atoms with E-state index in [0.29, 0.717) is 22.1 Å². The topological polar surface area (TPSA) is 78.3 Å². The molecule has 0 spiro atoms. The largest absolute Gasteiger partial charge is 0.455 e. The zero-order valence-corrected chi connectivity index (χ0v) is 11.7. The smallest absolute Gasteiger partial charge is 0.252 e. The van der Waals surface area contributed by atoms with Crippen LogP contribution in [0.1, 0.15) is 28.9 Å². The highest BCUT2D eigenvalue weighted by Gasteiger charge is 2.12. The van der Waals surface area contributed by atoms with Gasteiger partial charge >= 0.3 is 0 Å². The molecular formula is C15H15ClN2O2. The molecule has 20 heavy (non-hydrogen) atoms. The van der Waals surface area contributed by atoms with Gasteiger partial charge in [0.15, 0.2) is 0 Å². The Kier molecular flexibility index (Phi) is 4.27. The zero-order valence-electron chi connectivity index (χ0n) is 11.0. The lowest BCUT2D eigenvalue weighted by Crippen LogP contribution is -2.12. The number of hydrogen-bond donors (Lipinski definition) is 2. The number of primary amides is 1. The van der Waals surface area contributed by atoms with E-state index in [1.165, 1.54) is 0 Å². The summed E-state index contributed by atoms with van der Waals surface area (Å²) in [7, 11) is 0. The molecule has 0 aromatic heterocycles. The predicted molar refractivity (Wildman–Crippen MR) is 79.1 cm³/mol. The van der Waals surface area contributed by atoms with Crippen molar-refractivity contribution in [3.8, 4) is 11.5 Å². The second kappa shape index (κ2) is 5.94. The molecule has 1 unspecified atom stereocenters. The summed E-state index contributed by atoms with van der Waals surface area (Å²) in [5, 5.41) is 0.430. The van der Waals surface area contributed by atoms with Gasteiger partial charge in [-0.1, -0.05) is 29.8 Å². The fourth-order valence-electron chi connectivity index (χ4n) is 1.76. The molecule has 1 atom stereocenters. The summed E-state index contributed by atoms with van der Waals surface area (Å²) in [4.78, 5) is 11.3. The molecule has 104 valence electrons. The Balaban J connectivity index is 2.33. The van der Waals surface area contributed by atoms with Crippen LogP contribution in [-0.2, 0) is 0 Å². The van der Waals surface area contributed by atoms with E-state index in [0.717, 1.165) is 5.56 Å². The van der Waals surface area contributed by atoms with Crippen LogP contribution in [0.5, 0.6) is 11.5 Å². The van der Waals surface area contributed by atoms with E-state index < -0.39 is 5.91 Å². The van der Waals surface area contributed by atoms with Gasteiger partial charge in [-0.15, -0.1) is 0 Å². The number of ether oxygens (including phenoxy) is 1. The van der Waals surface area contributed by atoms with Crippen LogP contribution in [0.4, 0.5) is 0 Å². The van der Waals surface area contributed by atoms with Crippen molar-refractivity contribution in [2.75, 3.05) is 0 Å². The molecule has 0 saturated heterocycles. The summed E-state index contributed by atoms with van der Waals surface area (Å²) >= 11 is 6.16. The average Bonchev–Trinajstić information content (AvgIpc) is 2.41. The maximum absolute atomic E-state index is 11.3. The summed E-state index contributed by atoms with van der Waals surface area (Å²) in [5.74, 6) is 0.268. The maximum Gasteiger partial charge on any atom is 0.252 e. The van der Waals surface area contributed by atoms with Crippen LogP contribution in [0.15, 0.2) is 42.5 Å². The number of rotatable bonds is 4. The van der Waals surface area contributed by atoms with Gasteiger partial charge in [-0.2, -0.15) is 0 Å². The molecule has 2 aromatic carbocycles. The molecule has 0 aliphatic carbocycles. The van der Waals surface area contributed by atoms with Crippen molar-refractivity contribution in [1.29, 1.82) is 0 Å². The van der Waals surface area contributed by atoms with Crippen LogP contribution in [0.25, 0.3) is 0 Å². The molecule has 1 amide bonds. The highest BCUT2D eigenvalue weighted by Crippen LogP contribution is 2.32. The molecule has 0 fully saturated rings. The van der Waals surface area contributed by atoms with Gasteiger partial charge < -0.3 is 16.2 Å². The van der Waals surface area contributed by atoms with Gasteiger partial charge in [-0.05, 0) is 36.8 Å². The number of hydrogen-bond acceptors (Lipinski definition) is 3. The summed E-state index contributed by atoms with van der Waals surface area (Å²) in [5.41, 5.74) is 12.3. The van der Waals surface area contributed by atoms with Crippen LogP contribution in [0, 0.1) is 0 Å². The lowest BCUT2D eigenvalue weighted by Gasteiger charge is -2.12. The molecular weight excluding hydrogens is 276 g/mol. The van der Waals surface area contributed by atoms with Crippen molar-refractivity contribution in [1.82, 2.24) is 0 Å². The molecule has 4 nitrogen and oxygen atoms in total. The standard InChI is InChI=1S/C15H15ClN2O2/c1-9(17)10-6-7-14(12(16)8-10)20-13-5-3-2-4-11(13)15(18)19/h2-9H,17H2,1H3,(H2,18,19). The number of benzene rings is 2. The first-order chi connectivity index (χ1) is 9.49. The van der Waals surface area contributed by atoms with Gasteiger partial charge in [0.25, 0.3) is 5.91 Å².